The Labute approximate surface area is 66.6 Å². The maximum Gasteiger partial charge on any atom is 0.188 e. The van der Waals surface area contributed by atoms with Crippen LogP contribution in [0.1, 0.15) is 26.2 Å². The predicted octanol–water partition coefficient (Wildman–Crippen LogP) is 2.07. The molecule has 0 aliphatic rings. The number of unbranched alkanes of at least 4 members (excludes halogenated alkanes) is 1. The summed E-state index contributed by atoms with van der Waals surface area (Å²) in [5.74, 6) is 3.37. The van der Waals surface area contributed by atoms with E-state index in [1.54, 1.807) is 0 Å². The molecule has 0 aromatic carbocycles. The second-order valence-corrected chi connectivity index (χ2v) is 3.18. The number of carbonyl (C=O) groups excluding carboxylic acids is 1. The molecule has 0 bridgehead atoms. The second kappa shape index (κ2) is 6.70. The first-order valence-corrected chi connectivity index (χ1v) is 4.39. The van der Waals surface area contributed by atoms with Crippen LogP contribution < -0.4 is 0 Å². The lowest BCUT2D eigenvalue weighted by molar-refractivity contribution is -0.111. The molecule has 0 spiro atoms. The van der Waals surface area contributed by atoms with E-state index in [1.807, 2.05) is 6.92 Å². The molecule has 0 N–H and O–H groups in total. The third-order valence-electron chi connectivity index (χ3n) is 1.01. The van der Waals surface area contributed by atoms with Crippen molar-refractivity contribution in [1.82, 2.24) is 0 Å². The minimum Gasteiger partial charge on any atom is -0.287 e. The van der Waals surface area contributed by atoms with E-state index in [9.17, 15) is 4.79 Å². The van der Waals surface area contributed by atoms with Gasteiger partial charge in [-0.05, 0) is 12.2 Å². The van der Waals surface area contributed by atoms with Crippen LogP contribution in [0.3, 0.4) is 0 Å². The van der Waals surface area contributed by atoms with Crippen LogP contribution in [0.2, 0.25) is 0 Å². The van der Waals surface area contributed by atoms with Gasteiger partial charge in [-0.3, -0.25) is 4.79 Å². The normalized spacial score (nSPS) is 8.80. The van der Waals surface area contributed by atoms with Crippen molar-refractivity contribution in [2.24, 2.45) is 0 Å². The van der Waals surface area contributed by atoms with E-state index < -0.39 is 0 Å². The van der Waals surface area contributed by atoms with Crippen molar-refractivity contribution >= 4 is 16.9 Å². The summed E-state index contributed by atoms with van der Waals surface area (Å²) in [6, 6.07) is 0. The fourth-order valence-electron chi connectivity index (χ4n) is 0.568. The molecule has 0 atom stereocenters. The third-order valence-corrected chi connectivity index (χ3v) is 1.82. The first-order chi connectivity index (χ1) is 4.81. The summed E-state index contributed by atoms with van der Waals surface area (Å²) in [5, 5.41) is 0.262. The lowest BCUT2D eigenvalue weighted by Gasteiger charge is -1.93. The lowest BCUT2D eigenvalue weighted by Crippen LogP contribution is -1.90. The first-order valence-electron chi connectivity index (χ1n) is 3.40. The zero-order chi connectivity index (χ0) is 7.82. The Morgan fingerprint density at radius 2 is 2.40 bits per heavy atom. The van der Waals surface area contributed by atoms with Crippen LogP contribution in [0.25, 0.3) is 0 Å². The average molecular weight is 156 g/mol. The zero-order valence-electron chi connectivity index (χ0n) is 6.22. The summed E-state index contributed by atoms with van der Waals surface area (Å²) >= 11 is 1.37. The Kier molecular flexibility index (Phi) is 6.42. The maximum atomic E-state index is 10.8. The quantitative estimate of drug-likeness (QED) is 0.458. The molecule has 0 amide bonds. The average Bonchev–Trinajstić information content (AvgIpc) is 1.89. The van der Waals surface area contributed by atoms with E-state index in [-0.39, 0.29) is 5.12 Å². The first kappa shape index (κ1) is 9.58. The molecule has 0 aliphatic heterocycles. The van der Waals surface area contributed by atoms with E-state index in [0.29, 0.717) is 6.42 Å². The number of carbonyl (C=O) groups is 1. The van der Waals surface area contributed by atoms with E-state index in [2.05, 4.69) is 5.92 Å². The SMILES string of the molecule is C#CCCCC(=O)SCC. The molecule has 0 aliphatic carbocycles. The van der Waals surface area contributed by atoms with Crippen molar-refractivity contribution in [3.8, 4) is 12.3 Å². The minimum absolute atomic E-state index is 0.262. The standard InChI is InChI=1S/C8H12OS/c1-3-5-6-7-8(9)10-4-2/h1H,4-7H2,2H3. The number of terminal acetylenes is 1. The molecular formula is C8H12OS. The maximum absolute atomic E-state index is 10.8. The van der Waals surface area contributed by atoms with Gasteiger partial charge >= 0.3 is 0 Å². The monoisotopic (exact) mass is 156 g/mol. The summed E-state index contributed by atoms with van der Waals surface area (Å²) in [4.78, 5) is 10.8. The van der Waals surface area contributed by atoms with Gasteiger partial charge < -0.3 is 0 Å². The fraction of sp³-hybridized carbons (Fsp3) is 0.625. The van der Waals surface area contributed by atoms with Crippen LogP contribution in [0.5, 0.6) is 0 Å². The molecule has 0 aromatic rings. The highest BCUT2D eigenvalue weighted by atomic mass is 32.2. The molecule has 56 valence electrons. The molecule has 0 rings (SSSR count). The van der Waals surface area contributed by atoms with E-state index in [0.717, 1.165) is 18.6 Å². The summed E-state index contributed by atoms with van der Waals surface area (Å²) in [7, 11) is 0. The molecule has 2 heteroatoms. The number of hydrogen-bond donors (Lipinski definition) is 0. The Bertz CT molecular complexity index is 135. The van der Waals surface area contributed by atoms with Gasteiger partial charge in [0.1, 0.15) is 0 Å². The van der Waals surface area contributed by atoms with Crippen molar-refractivity contribution in [3.05, 3.63) is 0 Å². The number of thioether (sulfide) groups is 1. The van der Waals surface area contributed by atoms with Gasteiger partial charge in [-0.15, -0.1) is 12.3 Å². The van der Waals surface area contributed by atoms with Crippen molar-refractivity contribution < 1.29 is 4.79 Å². The van der Waals surface area contributed by atoms with Crippen molar-refractivity contribution in [2.75, 3.05) is 5.75 Å². The topological polar surface area (TPSA) is 17.1 Å². The van der Waals surface area contributed by atoms with Gasteiger partial charge in [-0.25, -0.2) is 0 Å². The fourth-order valence-corrected chi connectivity index (χ4v) is 1.18. The molecule has 0 unspecified atom stereocenters. The van der Waals surface area contributed by atoms with Crippen LogP contribution in [-0.2, 0) is 4.79 Å². The van der Waals surface area contributed by atoms with Gasteiger partial charge in [0.2, 0.25) is 0 Å². The van der Waals surface area contributed by atoms with Crippen LogP contribution in [0.15, 0.2) is 0 Å². The van der Waals surface area contributed by atoms with Crippen molar-refractivity contribution in [1.29, 1.82) is 0 Å². The largest absolute Gasteiger partial charge is 0.287 e. The van der Waals surface area contributed by atoms with Crippen LogP contribution >= 0.6 is 11.8 Å². The molecular weight excluding hydrogens is 144 g/mol. The van der Waals surface area contributed by atoms with E-state index in [1.165, 1.54) is 11.8 Å². The third kappa shape index (κ3) is 5.71. The van der Waals surface area contributed by atoms with Crippen LogP contribution in [-0.4, -0.2) is 10.9 Å². The number of hydrogen-bond acceptors (Lipinski definition) is 2. The summed E-state index contributed by atoms with van der Waals surface area (Å²) in [6.45, 7) is 1.98. The smallest absolute Gasteiger partial charge is 0.188 e. The molecule has 10 heavy (non-hydrogen) atoms. The van der Waals surface area contributed by atoms with Gasteiger partial charge in [0, 0.05) is 12.8 Å². The molecule has 0 aromatic heterocycles. The minimum atomic E-state index is 0.262. The molecule has 1 nitrogen and oxygen atoms in total. The van der Waals surface area contributed by atoms with E-state index in [4.69, 9.17) is 6.42 Å². The summed E-state index contributed by atoms with van der Waals surface area (Å²) < 4.78 is 0. The van der Waals surface area contributed by atoms with E-state index >= 15 is 0 Å². The van der Waals surface area contributed by atoms with Crippen molar-refractivity contribution in [3.63, 3.8) is 0 Å². The van der Waals surface area contributed by atoms with Gasteiger partial charge in [0.05, 0.1) is 0 Å². The molecule has 0 radical (unpaired) electrons. The Morgan fingerprint density at radius 3 is 2.90 bits per heavy atom. The van der Waals surface area contributed by atoms with Gasteiger partial charge in [0.15, 0.2) is 5.12 Å². The highest BCUT2D eigenvalue weighted by Gasteiger charge is 1.98. The highest BCUT2D eigenvalue weighted by molar-refractivity contribution is 8.13. The Morgan fingerprint density at radius 1 is 1.70 bits per heavy atom. The molecule has 0 heterocycles. The van der Waals surface area contributed by atoms with Gasteiger partial charge in [0.25, 0.3) is 0 Å². The summed E-state index contributed by atoms with van der Waals surface area (Å²) in [6.07, 6.45) is 7.20. The zero-order valence-corrected chi connectivity index (χ0v) is 7.04. The molecule has 0 saturated carbocycles. The Balaban J connectivity index is 3.15. The molecule has 0 fully saturated rings. The van der Waals surface area contributed by atoms with Crippen LogP contribution in [0.4, 0.5) is 0 Å². The second-order valence-electron chi connectivity index (χ2n) is 1.86. The summed E-state index contributed by atoms with van der Waals surface area (Å²) in [5.41, 5.74) is 0. The predicted molar refractivity (Wildman–Crippen MR) is 45.8 cm³/mol. The van der Waals surface area contributed by atoms with Gasteiger partial charge in [-0.1, -0.05) is 18.7 Å². The van der Waals surface area contributed by atoms with Crippen molar-refractivity contribution in [2.45, 2.75) is 26.2 Å². The van der Waals surface area contributed by atoms with Gasteiger partial charge in [-0.2, -0.15) is 0 Å². The Hall–Kier alpha value is -0.420. The highest BCUT2D eigenvalue weighted by Crippen LogP contribution is 2.07. The van der Waals surface area contributed by atoms with Crippen LogP contribution in [0, 0.1) is 12.3 Å². The lowest BCUT2D eigenvalue weighted by atomic mass is 10.3. The number of rotatable bonds is 4. The molecule has 0 saturated heterocycles.